The molecular formula is C10H12N2O6S. The van der Waals surface area contributed by atoms with Crippen LogP contribution in [0.5, 0.6) is 0 Å². The highest BCUT2D eigenvalue weighted by molar-refractivity contribution is 7.85. The monoisotopic (exact) mass is 288 g/mol. The Labute approximate surface area is 109 Å². The Bertz CT molecular complexity index is 598. The van der Waals surface area contributed by atoms with Crippen LogP contribution in [0.1, 0.15) is 10.4 Å². The molecule has 1 aromatic carbocycles. The van der Waals surface area contributed by atoms with E-state index in [2.05, 4.69) is 0 Å². The summed E-state index contributed by atoms with van der Waals surface area (Å²) in [5.41, 5.74) is -0.152. The average Bonchev–Trinajstić information content (AvgIpc) is 2.34. The first-order valence-electron chi connectivity index (χ1n) is 5.16. The van der Waals surface area contributed by atoms with Gasteiger partial charge in [0, 0.05) is 31.3 Å². The van der Waals surface area contributed by atoms with Crippen molar-refractivity contribution in [2.45, 2.75) is 0 Å². The number of nitro groups is 1. The summed E-state index contributed by atoms with van der Waals surface area (Å²) in [6.07, 6.45) is 0. The van der Waals surface area contributed by atoms with Gasteiger partial charge in [-0.05, 0) is 6.07 Å². The molecule has 0 saturated heterocycles. The zero-order valence-electron chi connectivity index (χ0n) is 10.0. The number of carbonyl (C=O) groups excluding carboxylic acids is 1. The average molecular weight is 288 g/mol. The van der Waals surface area contributed by atoms with Crippen LogP contribution in [0, 0.1) is 10.1 Å². The van der Waals surface area contributed by atoms with Gasteiger partial charge in [-0.1, -0.05) is 6.07 Å². The van der Waals surface area contributed by atoms with Crippen molar-refractivity contribution >= 4 is 21.7 Å². The molecule has 0 heterocycles. The van der Waals surface area contributed by atoms with Crippen LogP contribution in [0.15, 0.2) is 24.3 Å². The molecule has 1 amide bonds. The van der Waals surface area contributed by atoms with E-state index >= 15 is 0 Å². The van der Waals surface area contributed by atoms with Gasteiger partial charge >= 0.3 is 0 Å². The fourth-order valence-electron chi connectivity index (χ4n) is 1.33. The Morgan fingerprint density at radius 1 is 1.47 bits per heavy atom. The number of nitro benzene ring substituents is 1. The zero-order chi connectivity index (χ0) is 14.6. The van der Waals surface area contributed by atoms with Crippen LogP contribution in [0.2, 0.25) is 0 Å². The van der Waals surface area contributed by atoms with Gasteiger partial charge in [0.05, 0.1) is 10.7 Å². The van der Waals surface area contributed by atoms with Crippen LogP contribution in [0.3, 0.4) is 0 Å². The highest BCUT2D eigenvalue weighted by Gasteiger charge is 2.16. The van der Waals surface area contributed by atoms with Gasteiger partial charge in [-0.3, -0.25) is 19.5 Å². The molecule has 104 valence electrons. The molecule has 0 aromatic heterocycles. The van der Waals surface area contributed by atoms with Crippen LogP contribution in [0.25, 0.3) is 0 Å². The largest absolute Gasteiger partial charge is 0.341 e. The highest BCUT2D eigenvalue weighted by Crippen LogP contribution is 2.14. The van der Waals surface area contributed by atoms with Crippen molar-refractivity contribution < 1.29 is 22.7 Å². The Kier molecular flexibility index (Phi) is 4.57. The predicted octanol–water partition coefficient (Wildman–Crippen LogP) is 0.555. The molecule has 0 aliphatic rings. The predicted molar refractivity (Wildman–Crippen MR) is 66.5 cm³/mol. The van der Waals surface area contributed by atoms with Crippen molar-refractivity contribution in [1.82, 2.24) is 4.90 Å². The van der Waals surface area contributed by atoms with E-state index < -0.39 is 26.7 Å². The molecule has 0 radical (unpaired) electrons. The first kappa shape index (κ1) is 15.1. The molecule has 9 heteroatoms. The van der Waals surface area contributed by atoms with Gasteiger partial charge in [0.15, 0.2) is 0 Å². The minimum Gasteiger partial charge on any atom is -0.341 e. The summed E-state index contributed by atoms with van der Waals surface area (Å²) in [6.45, 7) is -0.208. The second-order valence-corrected chi connectivity index (χ2v) is 5.39. The normalized spacial score (nSPS) is 11.1. The summed E-state index contributed by atoms with van der Waals surface area (Å²) >= 11 is 0. The Hall–Kier alpha value is -2.00. The Balaban J connectivity index is 2.82. The SMILES string of the molecule is CN(CCS(=O)(=O)O)C(=O)c1cccc([N+](=O)[O-])c1. The summed E-state index contributed by atoms with van der Waals surface area (Å²) in [5, 5.41) is 10.6. The summed E-state index contributed by atoms with van der Waals surface area (Å²) in [6, 6.07) is 5.10. The summed E-state index contributed by atoms with van der Waals surface area (Å²) in [5.74, 6) is -1.16. The molecule has 1 N–H and O–H groups in total. The molecular weight excluding hydrogens is 276 g/mol. The number of rotatable bonds is 5. The second-order valence-electron chi connectivity index (χ2n) is 3.82. The molecule has 0 aliphatic carbocycles. The molecule has 0 saturated carbocycles. The maximum absolute atomic E-state index is 11.9. The maximum atomic E-state index is 11.9. The van der Waals surface area contributed by atoms with Gasteiger partial charge < -0.3 is 4.90 Å². The lowest BCUT2D eigenvalue weighted by Crippen LogP contribution is -2.31. The number of benzene rings is 1. The van der Waals surface area contributed by atoms with E-state index in [1.807, 2.05) is 0 Å². The first-order valence-corrected chi connectivity index (χ1v) is 6.77. The summed E-state index contributed by atoms with van der Waals surface area (Å²) in [7, 11) is -2.82. The van der Waals surface area contributed by atoms with E-state index in [9.17, 15) is 23.3 Å². The zero-order valence-corrected chi connectivity index (χ0v) is 10.8. The number of hydrogen-bond donors (Lipinski definition) is 1. The third-order valence-corrected chi connectivity index (χ3v) is 3.03. The van der Waals surface area contributed by atoms with Gasteiger partial charge in [0.2, 0.25) is 0 Å². The van der Waals surface area contributed by atoms with Gasteiger partial charge in [0.25, 0.3) is 21.7 Å². The molecule has 19 heavy (non-hydrogen) atoms. The number of amides is 1. The van der Waals surface area contributed by atoms with Gasteiger partial charge in [-0.25, -0.2) is 0 Å². The van der Waals surface area contributed by atoms with E-state index in [1.165, 1.54) is 25.2 Å². The number of hydrogen-bond acceptors (Lipinski definition) is 5. The molecule has 0 atom stereocenters. The molecule has 0 fully saturated rings. The van der Waals surface area contributed by atoms with Crippen LogP contribution in [-0.4, -0.2) is 48.0 Å². The maximum Gasteiger partial charge on any atom is 0.270 e. The van der Waals surface area contributed by atoms with E-state index in [1.54, 1.807) is 0 Å². The van der Waals surface area contributed by atoms with Crippen LogP contribution < -0.4 is 0 Å². The molecule has 1 aromatic rings. The van der Waals surface area contributed by atoms with Crippen LogP contribution >= 0.6 is 0 Å². The Morgan fingerprint density at radius 3 is 2.63 bits per heavy atom. The van der Waals surface area contributed by atoms with E-state index in [0.717, 1.165) is 11.0 Å². The third kappa shape index (κ3) is 4.64. The van der Waals surface area contributed by atoms with E-state index in [0.29, 0.717) is 0 Å². The number of carbonyl (C=O) groups is 1. The van der Waals surface area contributed by atoms with Crippen LogP contribution in [0.4, 0.5) is 5.69 Å². The summed E-state index contributed by atoms with van der Waals surface area (Å²) in [4.78, 5) is 22.9. The highest BCUT2D eigenvalue weighted by atomic mass is 32.2. The van der Waals surface area contributed by atoms with Crippen molar-refractivity contribution in [3.63, 3.8) is 0 Å². The Morgan fingerprint density at radius 2 is 2.11 bits per heavy atom. The van der Waals surface area contributed by atoms with Crippen LogP contribution in [-0.2, 0) is 10.1 Å². The lowest BCUT2D eigenvalue weighted by atomic mass is 10.2. The smallest absolute Gasteiger partial charge is 0.270 e. The second kappa shape index (κ2) is 5.76. The third-order valence-electron chi connectivity index (χ3n) is 2.34. The van der Waals surface area contributed by atoms with Crippen molar-refractivity contribution in [3.8, 4) is 0 Å². The minimum atomic E-state index is -4.16. The molecule has 8 nitrogen and oxygen atoms in total. The molecule has 0 bridgehead atoms. The molecule has 0 spiro atoms. The van der Waals surface area contributed by atoms with Crippen molar-refractivity contribution in [2.24, 2.45) is 0 Å². The topological polar surface area (TPSA) is 118 Å². The van der Waals surface area contributed by atoms with Crippen molar-refractivity contribution in [3.05, 3.63) is 39.9 Å². The first-order chi connectivity index (χ1) is 8.70. The summed E-state index contributed by atoms with van der Waals surface area (Å²) < 4.78 is 29.7. The number of non-ortho nitro benzene ring substituents is 1. The minimum absolute atomic E-state index is 0.0760. The van der Waals surface area contributed by atoms with Gasteiger partial charge in [-0.15, -0.1) is 0 Å². The fourth-order valence-corrected chi connectivity index (χ4v) is 1.83. The molecule has 0 aliphatic heterocycles. The quantitative estimate of drug-likeness (QED) is 0.480. The van der Waals surface area contributed by atoms with Gasteiger partial charge in [-0.2, -0.15) is 8.42 Å². The molecule has 0 unspecified atom stereocenters. The molecule has 1 rings (SSSR count). The number of nitrogens with zero attached hydrogens (tertiary/aromatic N) is 2. The van der Waals surface area contributed by atoms with Crippen molar-refractivity contribution in [1.29, 1.82) is 0 Å². The standard InChI is InChI=1S/C10H12N2O6S/c1-11(5-6-19(16,17)18)10(13)8-3-2-4-9(7-8)12(14)15/h2-4,7H,5-6H2,1H3,(H,16,17,18). The van der Waals surface area contributed by atoms with E-state index in [4.69, 9.17) is 4.55 Å². The lowest BCUT2D eigenvalue weighted by molar-refractivity contribution is -0.384. The fraction of sp³-hybridized carbons (Fsp3) is 0.300. The van der Waals surface area contributed by atoms with E-state index in [-0.39, 0.29) is 17.8 Å². The lowest BCUT2D eigenvalue weighted by Gasteiger charge is -2.16. The van der Waals surface area contributed by atoms with Gasteiger partial charge in [0.1, 0.15) is 0 Å². The van der Waals surface area contributed by atoms with Crippen molar-refractivity contribution in [2.75, 3.05) is 19.3 Å².